The van der Waals surface area contributed by atoms with E-state index >= 15 is 0 Å². The Balaban J connectivity index is 2.77. The predicted molar refractivity (Wildman–Crippen MR) is 57.2 cm³/mol. The third-order valence-corrected chi connectivity index (χ3v) is 3.71. The van der Waals surface area contributed by atoms with Crippen LogP contribution in [0.1, 0.15) is 33.1 Å². The molecule has 1 heterocycles. The third-order valence-electron chi connectivity index (χ3n) is 3.71. The summed E-state index contributed by atoms with van der Waals surface area (Å²) in [6.07, 6.45) is 2.66. The Morgan fingerprint density at radius 2 is 2.14 bits per heavy atom. The number of rotatable bonds is 4. The predicted octanol–water partition coefficient (Wildman–Crippen LogP) is 0.852. The molecule has 84 valence electrons. The Bertz CT molecular complexity index is 192. The summed E-state index contributed by atoms with van der Waals surface area (Å²) in [5, 5.41) is 20.0. The summed E-state index contributed by atoms with van der Waals surface area (Å²) in [5.41, 5.74) is -1.04. The number of likely N-dealkylation sites (N-methyl/N-ethyl adjacent to an activating group) is 1. The van der Waals surface area contributed by atoms with Crippen LogP contribution < -0.4 is 0 Å². The van der Waals surface area contributed by atoms with Crippen LogP contribution in [-0.4, -0.2) is 47.5 Å². The lowest BCUT2D eigenvalue weighted by atomic mass is 9.70. The molecule has 1 saturated heterocycles. The Labute approximate surface area is 86.7 Å². The average molecular weight is 201 g/mol. The van der Waals surface area contributed by atoms with Crippen molar-refractivity contribution in [3.8, 4) is 0 Å². The van der Waals surface area contributed by atoms with Crippen molar-refractivity contribution in [1.82, 2.24) is 4.90 Å². The molecule has 3 nitrogen and oxygen atoms in total. The molecule has 1 aliphatic heterocycles. The molecule has 0 bridgehead atoms. The fourth-order valence-electron chi connectivity index (χ4n) is 2.48. The molecule has 1 fully saturated rings. The molecule has 0 aromatic rings. The number of aliphatic hydroxyl groups is 2. The second-order valence-corrected chi connectivity index (χ2v) is 4.99. The molecule has 0 aromatic carbocycles. The van der Waals surface area contributed by atoms with E-state index in [4.69, 9.17) is 0 Å². The van der Waals surface area contributed by atoms with Crippen LogP contribution in [0.15, 0.2) is 0 Å². The summed E-state index contributed by atoms with van der Waals surface area (Å²) in [4.78, 5) is 2.13. The molecule has 0 aliphatic carbocycles. The van der Waals surface area contributed by atoms with Gasteiger partial charge in [-0.3, -0.25) is 0 Å². The summed E-state index contributed by atoms with van der Waals surface area (Å²) in [6.45, 7) is 5.77. The van der Waals surface area contributed by atoms with Crippen molar-refractivity contribution >= 4 is 0 Å². The van der Waals surface area contributed by atoms with Gasteiger partial charge >= 0.3 is 0 Å². The first kappa shape index (κ1) is 12.0. The van der Waals surface area contributed by atoms with Gasteiger partial charge in [0, 0.05) is 18.5 Å². The van der Waals surface area contributed by atoms with Gasteiger partial charge in [0.2, 0.25) is 0 Å². The minimum Gasteiger partial charge on any atom is -0.396 e. The molecule has 14 heavy (non-hydrogen) atoms. The number of β-amino-alcohol motifs (C(OH)–C–C–N with tert-alkyl or cyclic N) is 1. The Hall–Kier alpha value is -0.120. The zero-order valence-electron chi connectivity index (χ0n) is 9.58. The number of nitrogens with zero attached hydrogens (tertiary/aromatic N) is 1. The zero-order valence-corrected chi connectivity index (χ0v) is 9.58. The van der Waals surface area contributed by atoms with Gasteiger partial charge in [-0.2, -0.15) is 0 Å². The van der Waals surface area contributed by atoms with Gasteiger partial charge in [-0.25, -0.2) is 0 Å². The Morgan fingerprint density at radius 1 is 1.50 bits per heavy atom. The van der Waals surface area contributed by atoms with Crippen LogP contribution in [-0.2, 0) is 0 Å². The highest BCUT2D eigenvalue weighted by atomic mass is 16.3. The van der Waals surface area contributed by atoms with Crippen LogP contribution in [0.3, 0.4) is 0 Å². The number of hydrogen-bond donors (Lipinski definition) is 2. The highest BCUT2D eigenvalue weighted by Gasteiger charge is 2.49. The minimum absolute atomic E-state index is 0.0746. The van der Waals surface area contributed by atoms with Gasteiger partial charge in [-0.05, 0) is 19.9 Å². The van der Waals surface area contributed by atoms with Gasteiger partial charge in [-0.15, -0.1) is 0 Å². The molecule has 0 aromatic heterocycles. The lowest BCUT2D eigenvalue weighted by molar-refractivity contribution is -0.0952. The quantitative estimate of drug-likeness (QED) is 0.709. The molecule has 3 heteroatoms. The van der Waals surface area contributed by atoms with Gasteiger partial charge in [0.05, 0.1) is 12.2 Å². The van der Waals surface area contributed by atoms with E-state index in [-0.39, 0.29) is 12.0 Å². The first-order chi connectivity index (χ1) is 6.47. The summed E-state index contributed by atoms with van der Waals surface area (Å²) in [6, 6.07) is 0. The van der Waals surface area contributed by atoms with E-state index in [9.17, 15) is 10.2 Å². The molecular formula is C11H23NO2. The van der Waals surface area contributed by atoms with Crippen molar-refractivity contribution in [2.45, 2.75) is 38.7 Å². The average Bonchev–Trinajstić information content (AvgIpc) is 2.48. The molecule has 0 amide bonds. The first-order valence-electron chi connectivity index (χ1n) is 5.49. The largest absolute Gasteiger partial charge is 0.396 e. The van der Waals surface area contributed by atoms with Crippen molar-refractivity contribution in [2.24, 2.45) is 5.41 Å². The maximum Gasteiger partial charge on any atom is 0.0861 e. The normalized spacial score (nSPS) is 33.2. The SMILES string of the molecule is CCCC(C)(CO)C1(O)CCN(C)C1. The maximum atomic E-state index is 10.5. The standard InChI is InChI=1S/C11H23NO2/c1-4-5-10(2,9-13)11(14)6-7-12(3)8-11/h13-14H,4-9H2,1-3H3. The molecular weight excluding hydrogens is 178 g/mol. The lowest BCUT2D eigenvalue weighted by Crippen LogP contribution is -2.50. The highest BCUT2D eigenvalue weighted by molar-refractivity contribution is 5.01. The number of likely N-dealkylation sites (tertiary alicyclic amines) is 1. The summed E-state index contributed by atoms with van der Waals surface area (Å²) in [5.74, 6) is 0. The molecule has 1 aliphatic rings. The van der Waals surface area contributed by atoms with Crippen molar-refractivity contribution in [2.75, 3.05) is 26.7 Å². The Kier molecular flexibility index (Phi) is 3.56. The molecule has 1 rings (SSSR count). The summed E-state index contributed by atoms with van der Waals surface area (Å²) >= 11 is 0. The molecule has 0 spiro atoms. The van der Waals surface area contributed by atoms with Crippen molar-refractivity contribution < 1.29 is 10.2 Å². The van der Waals surface area contributed by atoms with Crippen LogP contribution >= 0.6 is 0 Å². The third kappa shape index (κ3) is 1.95. The van der Waals surface area contributed by atoms with E-state index in [0.717, 1.165) is 25.8 Å². The van der Waals surface area contributed by atoms with Crippen LogP contribution in [0.25, 0.3) is 0 Å². The van der Waals surface area contributed by atoms with Crippen LogP contribution in [0.4, 0.5) is 0 Å². The van der Waals surface area contributed by atoms with E-state index in [1.165, 1.54) is 0 Å². The molecule has 0 saturated carbocycles. The second-order valence-electron chi connectivity index (χ2n) is 4.99. The van der Waals surface area contributed by atoms with Gasteiger partial charge in [-0.1, -0.05) is 20.3 Å². The minimum atomic E-state index is -0.702. The van der Waals surface area contributed by atoms with E-state index < -0.39 is 5.60 Å². The van der Waals surface area contributed by atoms with Gasteiger partial charge in [0.25, 0.3) is 0 Å². The van der Waals surface area contributed by atoms with Crippen molar-refractivity contribution in [3.05, 3.63) is 0 Å². The number of aliphatic hydroxyl groups excluding tert-OH is 1. The van der Waals surface area contributed by atoms with E-state index in [2.05, 4.69) is 11.8 Å². The van der Waals surface area contributed by atoms with Gasteiger partial charge in [0.1, 0.15) is 0 Å². The smallest absolute Gasteiger partial charge is 0.0861 e. The van der Waals surface area contributed by atoms with E-state index in [0.29, 0.717) is 6.54 Å². The zero-order chi connectivity index (χ0) is 10.8. The Morgan fingerprint density at radius 3 is 2.50 bits per heavy atom. The van der Waals surface area contributed by atoms with Gasteiger partial charge in [0.15, 0.2) is 0 Å². The lowest BCUT2D eigenvalue weighted by Gasteiger charge is -2.41. The summed E-state index contributed by atoms with van der Waals surface area (Å²) < 4.78 is 0. The summed E-state index contributed by atoms with van der Waals surface area (Å²) in [7, 11) is 2.02. The van der Waals surface area contributed by atoms with Gasteiger partial charge < -0.3 is 15.1 Å². The van der Waals surface area contributed by atoms with Crippen molar-refractivity contribution in [1.29, 1.82) is 0 Å². The van der Waals surface area contributed by atoms with E-state index in [1.54, 1.807) is 0 Å². The monoisotopic (exact) mass is 201 g/mol. The van der Waals surface area contributed by atoms with Crippen molar-refractivity contribution in [3.63, 3.8) is 0 Å². The van der Waals surface area contributed by atoms with Crippen LogP contribution in [0.5, 0.6) is 0 Å². The molecule has 2 atom stereocenters. The molecule has 2 N–H and O–H groups in total. The fraction of sp³-hybridized carbons (Fsp3) is 1.00. The number of hydrogen-bond acceptors (Lipinski definition) is 3. The highest BCUT2D eigenvalue weighted by Crippen LogP contribution is 2.41. The van der Waals surface area contributed by atoms with Crippen LogP contribution in [0.2, 0.25) is 0 Å². The molecule has 0 radical (unpaired) electrons. The maximum absolute atomic E-state index is 10.5. The first-order valence-corrected chi connectivity index (χ1v) is 5.49. The fourth-order valence-corrected chi connectivity index (χ4v) is 2.48. The van der Waals surface area contributed by atoms with Crippen LogP contribution in [0, 0.1) is 5.41 Å². The topological polar surface area (TPSA) is 43.7 Å². The van der Waals surface area contributed by atoms with E-state index in [1.807, 2.05) is 14.0 Å². The molecule has 2 unspecified atom stereocenters. The second kappa shape index (κ2) is 4.17.